The van der Waals surface area contributed by atoms with Crippen LogP contribution in [0.3, 0.4) is 0 Å². The zero-order valence-electron chi connectivity index (χ0n) is 12.5. The fourth-order valence-electron chi connectivity index (χ4n) is 2.85. The third-order valence-corrected chi connectivity index (χ3v) is 3.82. The number of rotatable bonds is 6. The highest BCUT2D eigenvalue weighted by molar-refractivity contribution is 5.87. The number of aliphatic carboxylic acids is 1. The summed E-state index contributed by atoms with van der Waals surface area (Å²) in [4.78, 5) is 25.3. The third kappa shape index (κ3) is 3.54. The van der Waals surface area contributed by atoms with Crippen molar-refractivity contribution in [2.45, 2.75) is 38.6 Å². The Labute approximate surface area is 125 Å². The molecule has 2 rings (SSSR count). The Balaban J connectivity index is 2.05. The molecule has 1 aromatic rings. The third-order valence-electron chi connectivity index (χ3n) is 3.82. The largest absolute Gasteiger partial charge is 0.481 e. The lowest BCUT2D eigenvalue weighted by Gasteiger charge is -2.20. The second kappa shape index (κ2) is 6.61. The first-order valence-corrected chi connectivity index (χ1v) is 7.39. The van der Waals surface area contributed by atoms with E-state index < -0.39 is 11.9 Å². The summed E-state index contributed by atoms with van der Waals surface area (Å²) >= 11 is 0. The zero-order valence-corrected chi connectivity index (χ0v) is 12.5. The summed E-state index contributed by atoms with van der Waals surface area (Å²) < 4.78 is 0. The highest BCUT2D eigenvalue weighted by Crippen LogP contribution is 2.35. The Hall–Kier alpha value is -2.04. The van der Waals surface area contributed by atoms with Crippen molar-refractivity contribution >= 4 is 17.6 Å². The van der Waals surface area contributed by atoms with Gasteiger partial charge in [0.15, 0.2) is 0 Å². The van der Waals surface area contributed by atoms with E-state index >= 15 is 0 Å². The monoisotopic (exact) mass is 290 g/mol. The van der Waals surface area contributed by atoms with Crippen molar-refractivity contribution in [1.29, 1.82) is 0 Å². The van der Waals surface area contributed by atoms with Crippen molar-refractivity contribution < 1.29 is 14.7 Å². The Kier molecular flexibility index (Phi) is 4.83. The van der Waals surface area contributed by atoms with Crippen LogP contribution in [-0.2, 0) is 9.59 Å². The molecule has 0 spiro atoms. The van der Waals surface area contributed by atoms with E-state index in [4.69, 9.17) is 0 Å². The highest BCUT2D eigenvalue weighted by atomic mass is 16.4. The normalized spacial score (nSPS) is 18.2. The topological polar surface area (TPSA) is 69.6 Å². The lowest BCUT2D eigenvalue weighted by atomic mass is 10.0. The molecule has 2 atom stereocenters. The molecule has 0 fully saturated rings. The van der Waals surface area contributed by atoms with Crippen LogP contribution in [0.5, 0.6) is 0 Å². The molecule has 5 heteroatoms. The van der Waals surface area contributed by atoms with Gasteiger partial charge in [-0.1, -0.05) is 31.5 Å². The zero-order chi connectivity index (χ0) is 15.4. The number of carbonyl (C=O) groups excluding carboxylic acids is 1. The van der Waals surface area contributed by atoms with Crippen molar-refractivity contribution in [1.82, 2.24) is 5.32 Å². The molecule has 1 aliphatic rings. The summed E-state index contributed by atoms with van der Waals surface area (Å²) in [6.07, 6.45) is 1.97. The maximum atomic E-state index is 12.1. The molecule has 21 heavy (non-hydrogen) atoms. The number of anilines is 1. The van der Waals surface area contributed by atoms with Crippen LogP contribution >= 0.6 is 0 Å². The van der Waals surface area contributed by atoms with E-state index in [1.165, 1.54) is 0 Å². The predicted octanol–water partition coefficient (Wildman–Crippen LogP) is 1.98. The first-order chi connectivity index (χ1) is 10.0. The van der Waals surface area contributed by atoms with Crippen LogP contribution in [0.25, 0.3) is 0 Å². The van der Waals surface area contributed by atoms with E-state index in [1.807, 2.05) is 36.1 Å². The van der Waals surface area contributed by atoms with E-state index in [0.717, 1.165) is 24.1 Å². The summed E-state index contributed by atoms with van der Waals surface area (Å²) in [5, 5.41) is 12.3. The summed E-state index contributed by atoms with van der Waals surface area (Å²) in [5.74, 6) is -1.46. The van der Waals surface area contributed by atoms with Crippen molar-refractivity contribution in [3.63, 3.8) is 0 Å². The van der Waals surface area contributed by atoms with Crippen molar-refractivity contribution in [3.8, 4) is 0 Å². The molecule has 1 aromatic carbocycles. The number of benzene rings is 1. The Bertz CT molecular complexity index is 530. The van der Waals surface area contributed by atoms with Gasteiger partial charge >= 0.3 is 5.97 Å². The first kappa shape index (κ1) is 15.4. The Morgan fingerprint density at radius 3 is 2.81 bits per heavy atom. The molecule has 0 saturated carbocycles. The minimum atomic E-state index is -0.843. The maximum Gasteiger partial charge on any atom is 0.312 e. The van der Waals surface area contributed by atoms with E-state index in [-0.39, 0.29) is 18.5 Å². The second-order valence-electron chi connectivity index (χ2n) is 5.59. The SMILES string of the molecule is CCCC(C)NC(=O)CN1CC(C(=O)O)c2ccccc21. The standard InChI is InChI=1S/C16H22N2O3/c1-3-6-11(2)17-15(19)10-18-9-13(16(20)21)12-7-4-5-8-14(12)18/h4-5,7-8,11,13H,3,6,9-10H2,1-2H3,(H,17,19)(H,20,21). The van der Waals surface area contributed by atoms with Gasteiger partial charge in [-0.15, -0.1) is 0 Å². The number of nitrogens with one attached hydrogen (secondary N) is 1. The molecule has 2 N–H and O–H groups in total. The fourth-order valence-corrected chi connectivity index (χ4v) is 2.85. The number of fused-ring (bicyclic) bond motifs is 1. The first-order valence-electron chi connectivity index (χ1n) is 7.39. The molecule has 2 unspecified atom stereocenters. The number of nitrogens with zero attached hydrogens (tertiary/aromatic N) is 1. The van der Waals surface area contributed by atoms with Gasteiger partial charge < -0.3 is 15.3 Å². The molecule has 0 radical (unpaired) electrons. The van der Waals surface area contributed by atoms with Gasteiger partial charge in [-0.2, -0.15) is 0 Å². The number of para-hydroxylation sites is 1. The molecule has 0 saturated heterocycles. The molecule has 1 heterocycles. The summed E-state index contributed by atoms with van der Waals surface area (Å²) in [6.45, 7) is 4.62. The van der Waals surface area contributed by atoms with Crippen molar-refractivity contribution in [2.75, 3.05) is 18.0 Å². The molecule has 5 nitrogen and oxygen atoms in total. The lowest BCUT2D eigenvalue weighted by Crippen LogP contribution is -2.41. The number of carboxylic acid groups (broad SMARTS) is 1. The van der Waals surface area contributed by atoms with Gasteiger partial charge in [-0.05, 0) is 25.0 Å². The molecular weight excluding hydrogens is 268 g/mol. The van der Waals surface area contributed by atoms with E-state index in [9.17, 15) is 14.7 Å². The number of carbonyl (C=O) groups is 2. The van der Waals surface area contributed by atoms with Crippen LogP contribution in [0, 0.1) is 0 Å². The van der Waals surface area contributed by atoms with Crippen LogP contribution in [0.4, 0.5) is 5.69 Å². The molecule has 0 aromatic heterocycles. The molecule has 1 aliphatic heterocycles. The van der Waals surface area contributed by atoms with Gasteiger partial charge in [0.2, 0.25) is 5.91 Å². The highest BCUT2D eigenvalue weighted by Gasteiger charge is 2.33. The van der Waals surface area contributed by atoms with Crippen LogP contribution in [-0.4, -0.2) is 36.1 Å². The Morgan fingerprint density at radius 1 is 1.43 bits per heavy atom. The number of hydrogen-bond donors (Lipinski definition) is 2. The van der Waals surface area contributed by atoms with Gasteiger partial charge in [0, 0.05) is 18.3 Å². The van der Waals surface area contributed by atoms with Gasteiger partial charge in [0.1, 0.15) is 5.92 Å². The molecule has 1 amide bonds. The average Bonchev–Trinajstić information content (AvgIpc) is 2.78. The van der Waals surface area contributed by atoms with E-state index in [1.54, 1.807) is 0 Å². The smallest absolute Gasteiger partial charge is 0.312 e. The second-order valence-corrected chi connectivity index (χ2v) is 5.59. The van der Waals surface area contributed by atoms with E-state index in [2.05, 4.69) is 12.2 Å². The van der Waals surface area contributed by atoms with Crippen LogP contribution in [0.1, 0.15) is 38.2 Å². The van der Waals surface area contributed by atoms with Crippen molar-refractivity contribution in [2.24, 2.45) is 0 Å². The van der Waals surface area contributed by atoms with Crippen LogP contribution in [0.2, 0.25) is 0 Å². The van der Waals surface area contributed by atoms with Gasteiger partial charge in [-0.25, -0.2) is 0 Å². The van der Waals surface area contributed by atoms with Gasteiger partial charge in [0.25, 0.3) is 0 Å². The lowest BCUT2D eigenvalue weighted by molar-refractivity contribution is -0.138. The predicted molar refractivity (Wildman–Crippen MR) is 81.5 cm³/mol. The quantitative estimate of drug-likeness (QED) is 0.840. The van der Waals surface area contributed by atoms with Crippen LogP contribution < -0.4 is 10.2 Å². The van der Waals surface area contributed by atoms with Gasteiger partial charge in [0.05, 0.1) is 6.54 Å². The van der Waals surface area contributed by atoms with Gasteiger partial charge in [-0.3, -0.25) is 9.59 Å². The summed E-state index contributed by atoms with van der Waals surface area (Å²) in [6, 6.07) is 7.55. The summed E-state index contributed by atoms with van der Waals surface area (Å²) in [5.41, 5.74) is 1.64. The van der Waals surface area contributed by atoms with E-state index in [0.29, 0.717) is 6.54 Å². The number of amides is 1. The number of hydrogen-bond acceptors (Lipinski definition) is 3. The minimum absolute atomic E-state index is 0.0585. The van der Waals surface area contributed by atoms with Crippen molar-refractivity contribution in [3.05, 3.63) is 29.8 Å². The minimum Gasteiger partial charge on any atom is -0.481 e. The fraction of sp³-hybridized carbons (Fsp3) is 0.500. The van der Waals surface area contributed by atoms with Crippen LogP contribution in [0.15, 0.2) is 24.3 Å². The number of carboxylic acids is 1. The maximum absolute atomic E-state index is 12.1. The Morgan fingerprint density at radius 2 is 2.14 bits per heavy atom. The average molecular weight is 290 g/mol. The molecule has 0 bridgehead atoms. The molecule has 114 valence electrons. The molecule has 0 aliphatic carbocycles. The molecular formula is C16H22N2O3. The summed E-state index contributed by atoms with van der Waals surface area (Å²) in [7, 11) is 0.